The van der Waals surface area contributed by atoms with Crippen LogP contribution in [0.25, 0.3) is 0 Å². The van der Waals surface area contributed by atoms with Crippen molar-refractivity contribution in [2.24, 2.45) is 0 Å². The van der Waals surface area contributed by atoms with E-state index >= 15 is 0 Å². The number of hydrogen-bond acceptors (Lipinski definition) is 1. The number of rotatable bonds is 3. The molecule has 20 heavy (non-hydrogen) atoms. The Kier molecular flexibility index (Phi) is 4.86. The molecule has 0 aliphatic carbocycles. The van der Waals surface area contributed by atoms with E-state index in [1.54, 1.807) is 18.5 Å². The largest absolute Gasteiger partial charge is 0.417 e. The maximum absolute atomic E-state index is 12.9. The van der Waals surface area contributed by atoms with Gasteiger partial charge in [-0.15, -0.1) is 0 Å². The third-order valence-electron chi connectivity index (χ3n) is 2.82. The monoisotopic (exact) mass is 407 g/mol. The van der Waals surface area contributed by atoms with Crippen LogP contribution >= 0.6 is 31.9 Å². The Morgan fingerprint density at radius 1 is 1.10 bits per heavy atom. The molecule has 1 aromatic heterocycles. The lowest BCUT2D eigenvalue weighted by Crippen LogP contribution is -2.07. The summed E-state index contributed by atoms with van der Waals surface area (Å²) in [5.41, 5.74) is 0.949. The molecule has 2 aromatic rings. The molecule has 0 radical (unpaired) electrons. The predicted octanol–water partition coefficient (Wildman–Crippen LogP) is 5.54. The molecule has 0 saturated carbocycles. The summed E-state index contributed by atoms with van der Waals surface area (Å²) in [4.78, 5) is 3.73. The summed E-state index contributed by atoms with van der Waals surface area (Å²) in [5, 5.41) is 0. The van der Waals surface area contributed by atoms with Gasteiger partial charge < -0.3 is 0 Å². The molecule has 1 unspecified atom stereocenters. The van der Waals surface area contributed by atoms with Crippen LogP contribution in [0.15, 0.2) is 47.2 Å². The van der Waals surface area contributed by atoms with Gasteiger partial charge in [-0.3, -0.25) is 4.98 Å². The van der Waals surface area contributed by atoms with E-state index in [0.717, 1.165) is 5.56 Å². The van der Waals surface area contributed by atoms with E-state index in [1.807, 2.05) is 12.1 Å². The van der Waals surface area contributed by atoms with E-state index in [1.165, 1.54) is 12.1 Å². The van der Waals surface area contributed by atoms with Crippen molar-refractivity contribution >= 4 is 31.9 Å². The molecule has 0 fully saturated rings. The summed E-state index contributed by atoms with van der Waals surface area (Å²) in [6.45, 7) is 0. The first-order valence-electron chi connectivity index (χ1n) is 5.77. The minimum absolute atomic E-state index is 0.0531. The van der Waals surface area contributed by atoms with Crippen LogP contribution in [-0.2, 0) is 12.6 Å². The van der Waals surface area contributed by atoms with Gasteiger partial charge >= 0.3 is 6.18 Å². The topological polar surface area (TPSA) is 12.9 Å². The summed E-state index contributed by atoms with van der Waals surface area (Å²) in [5.74, 6) is 0. The van der Waals surface area contributed by atoms with Gasteiger partial charge in [0.05, 0.1) is 5.56 Å². The number of benzene rings is 1. The Morgan fingerprint density at radius 3 is 2.35 bits per heavy atom. The highest BCUT2D eigenvalue weighted by atomic mass is 79.9. The summed E-state index contributed by atoms with van der Waals surface area (Å²) >= 11 is 6.38. The van der Waals surface area contributed by atoms with Crippen LogP contribution in [0.4, 0.5) is 13.2 Å². The number of aromatic nitrogens is 1. The van der Waals surface area contributed by atoms with Crippen molar-refractivity contribution in [3.05, 3.63) is 63.9 Å². The fourth-order valence-electron chi connectivity index (χ4n) is 1.80. The first kappa shape index (κ1) is 15.5. The van der Waals surface area contributed by atoms with Crippen LogP contribution in [0.1, 0.15) is 21.5 Å². The van der Waals surface area contributed by atoms with E-state index < -0.39 is 11.7 Å². The summed E-state index contributed by atoms with van der Waals surface area (Å²) in [7, 11) is 0. The quantitative estimate of drug-likeness (QED) is 0.607. The number of nitrogens with zero attached hydrogens (tertiary/aromatic N) is 1. The molecule has 1 aromatic carbocycles. The van der Waals surface area contributed by atoms with Gasteiger partial charge in [0.15, 0.2) is 0 Å². The molecule has 106 valence electrons. The average Bonchev–Trinajstić information content (AvgIpc) is 2.39. The highest BCUT2D eigenvalue weighted by Gasteiger charge is 2.33. The molecule has 0 N–H and O–H groups in total. The fraction of sp³-hybridized carbons (Fsp3) is 0.214. The number of halogens is 5. The molecule has 1 nitrogen and oxygen atoms in total. The minimum atomic E-state index is -4.36. The van der Waals surface area contributed by atoms with Crippen LogP contribution in [-0.4, -0.2) is 4.98 Å². The number of pyridine rings is 1. The van der Waals surface area contributed by atoms with Crippen molar-refractivity contribution in [3.63, 3.8) is 0 Å². The van der Waals surface area contributed by atoms with Crippen molar-refractivity contribution in [3.8, 4) is 0 Å². The van der Waals surface area contributed by atoms with Gasteiger partial charge in [0.25, 0.3) is 0 Å². The zero-order valence-electron chi connectivity index (χ0n) is 10.2. The van der Waals surface area contributed by atoms with E-state index in [0.29, 0.717) is 12.0 Å². The second-order valence-electron chi connectivity index (χ2n) is 4.26. The molecule has 0 aliphatic rings. The van der Waals surface area contributed by atoms with Crippen LogP contribution in [0, 0.1) is 0 Å². The number of hydrogen-bond donors (Lipinski definition) is 0. The van der Waals surface area contributed by atoms with Crippen LogP contribution < -0.4 is 0 Å². The molecule has 1 heterocycles. The molecular formula is C14H10Br2F3N. The van der Waals surface area contributed by atoms with Crippen molar-refractivity contribution < 1.29 is 13.2 Å². The summed E-state index contributed by atoms with van der Waals surface area (Å²) in [6.07, 6.45) is -0.435. The van der Waals surface area contributed by atoms with Crippen molar-refractivity contribution in [1.82, 2.24) is 4.98 Å². The third-order valence-corrected chi connectivity index (χ3v) is 4.37. The highest BCUT2D eigenvalue weighted by molar-refractivity contribution is 9.10. The average molecular weight is 409 g/mol. The third kappa shape index (κ3) is 3.82. The Balaban J connectivity index is 2.25. The maximum atomic E-state index is 12.9. The van der Waals surface area contributed by atoms with E-state index in [9.17, 15) is 13.2 Å². The summed E-state index contributed by atoms with van der Waals surface area (Å²) in [6, 6.07) is 7.97. The molecule has 0 aliphatic heterocycles. The Bertz CT molecular complexity index is 585. The van der Waals surface area contributed by atoms with Gasteiger partial charge in [0, 0.05) is 21.7 Å². The standard InChI is InChI=1S/C14H10Br2F3N/c15-12-2-1-10(8-11(12)14(17,18)19)13(16)7-9-3-5-20-6-4-9/h1-6,8,13H,7H2. The zero-order valence-corrected chi connectivity index (χ0v) is 13.3. The van der Waals surface area contributed by atoms with E-state index in [4.69, 9.17) is 0 Å². The highest BCUT2D eigenvalue weighted by Crippen LogP contribution is 2.38. The van der Waals surface area contributed by atoms with Crippen LogP contribution in [0.2, 0.25) is 0 Å². The molecule has 0 spiro atoms. The lowest BCUT2D eigenvalue weighted by molar-refractivity contribution is -0.138. The SMILES string of the molecule is FC(F)(F)c1cc(C(Br)Cc2ccncc2)ccc1Br. The molecule has 6 heteroatoms. The first-order valence-corrected chi connectivity index (χ1v) is 7.48. The smallest absolute Gasteiger partial charge is 0.265 e. The molecule has 0 saturated heterocycles. The van der Waals surface area contributed by atoms with Gasteiger partial charge in [-0.1, -0.05) is 37.9 Å². The van der Waals surface area contributed by atoms with Crippen molar-refractivity contribution in [2.45, 2.75) is 17.4 Å². The first-order chi connectivity index (χ1) is 9.38. The predicted molar refractivity (Wildman–Crippen MR) is 78.8 cm³/mol. The number of alkyl halides is 4. The molecule has 0 amide bonds. The van der Waals surface area contributed by atoms with Gasteiger partial charge in [-0.25, -0.2) is 0 Å². The second-order valence-corrected chi connectivity index (χ2v) is 6.22. The Hall–Kier alpha value is -0.880. The maximum Gasteiger partial charge on any atom is 0.417 e. The molecular weight excluding hydrogens is 399 g/mol. The lowest BCUT2D eigenvalue weighted by atomic mass is 10.0. The Labute approximate surface area is 131 Å². The van der Waals surface area contributed by atoms with Gasteiger partial charge in [-0.2, -0.15) is 13.2 Å². The van der Waals surface area contributed by atoms with Crippen LogP contribution in [0.5, 0.6) is 0 Å². The van der Waals surface area contributed by atoms with Crippen molar-refractivity contribution in [2.75, 3.05) is 0 Å². The van der Waals surface area contributed by atoms with Crippen LogP contribution in [0.3, 0.4) is 0 Å². The van der Waals surface area contributed by atoms with Crippen molar-refractivity contribution in [1.29, 1.82) is 0 Å². The summed E-state index contributed by atoms with van der Waals surface area (Å²) < 4.78 is 38.6. The minimum Gasteiger partial charge on any atom is -0.265 e. The molecule has 2 rings (SSSR count). The van der Waals surface area contributed by atoms with Gasteiger partial charge in [0.1, 0.15) is 0 Å². The fourth-order valence-corrected chi connectivity index (χ4v) is 2.93. The van der Waals surface area contributed by atoms with Gasteiger partial charge in [-0.05, 0) is 41.8 Å². The molecule has 1 atom stereocenters. The normalized spacial score (nSPS) is 13.2. The van der Waals surface area contributed by atoms with Gasteiger partial charge in [0.2, 0.25) is 0 Å². The Morgan fingerprint density at radius 2 is 1.75 bits per heavy atom. The van der Waals surface area contributed by atoms with E-state index in [-0.39, 0.29) is 9.30 Å². The second kappa shape index (κ2) is 6.26. The van der Waals surface area contributed by atoms with E-state index in [2.05, 4.69) is 36.8 Å². The molecule has 0 bridgehead atoms. The lowest BCUT2D eigenvalue weighted by Gasteiger charge is -2.14. The zero-order chi connectivity index (χ0) is 14.8.